The first-order valence-electron chi connectivity index (χ1n) is 7.95. The highest BCUT2D eigenvalue weighted by atomic mass is 15.1. The van der Waals surface area contributed by atoms with E-state index in [9.17, 15) is 0 Å². The van der Waals surface area contributed by atoms with Crippen LogP contribution in [-0.4, -0.2) is 36.6 Å². The summed E-state index contributed by atoms with van der Waals surface area (Å²) < 4.78 is 0. The van der Waals surface area contributed by atoms with E-state index in [1.54, 1.807) is 0 Å². The Morgan fingerprint density at radius 1 is 1.40 bits per heavy atom. The van der Waals surface area contributed by atoms with Crippen molar-refractivity contribution in [2.45, 2.75) is 46.1 Å². The van der Waals surface area contributed by atoms with Crippen molar-refractivity contribution in [3.05, 3.63) is 29.6 Å². The molecule has 1 aromatic heterocycles. The summed E-state index contributed by atoms with van der Waals surface area (Å²) in [5.41, 5.74) is 2.76. The van der Waals surface area contributed by atoms with Crippen LogP contribution in [0, 0.1) is 12.3 Å². The Morgan fingerprint density at radius 3 is 2.90 bits per heavy atom. The van der Waals surface area contributed by atoms with E-state index in [2.05, 4.69) is 54.3 Å². The van der Waals surface area contributed by atoms with Crippen molar-refractivity contribution in [3.63, 3.8) is 0 Å². The molecule has 0 saturated carbocycles. The molecule has 1 N–H and O–H groups in total. The SMILES string of the molecule is CCCC1(CN(C)Cc2cccc(C)n2)CCCNC1. The van der Waals surface area contributed by atoms with E-state index in [-0.39, 0.29) is 0 Å². The standard InChI is InChI=1S/C17H29N3/c1-4-9-17(10-6-11-18-13-17)14-20(3)12-16-8-5-7-15(2)19-16/h5,7-8,18H,4,6,9-14H2,1-3H3. The zero-order chi connectivity index (χ0) is 14.4. The van der Waals surface area contributed by atoms with Gasteiger partial charge in [-0.05, 0) is 57.3 Å². The number of nitrogens with zero attached hydrogens (tertiary/aromatic N) is 2. The molecule has 0 aromatic carbocycles. The summed E-state index contributed by atoms with van der Waals surface area (Å²) in [4.78, 5) is 7.07. The molecule has 0 aliphatic carbocycles. The molecule has 2 heterocycles. The molecule has 1 fully saturated rings. The Labute approximate surface area is 123 Å². The van der Waals surface area contributed by atoms with Crippen molar-refractivity contribution >= 4 is 0 Å². The van der Waals surface area contributed by atoms with E-state index < -0.39 is 0 Å². The van der Waals surface area contributed by atoms with Gasteiger partial charge in [0.15, 0.2) is 0 Å². The zero-order valence-corrected chi connectivity index (χ0v) is 13.3. The quantitative estimate of drug-likeness (QED) is 0.865. The molecular weight excluding hydrogens is 246 g/mol. The van der Waals surface area contributed by atoms with Crippen LogP contribution in [0.3, 0.4) is 0 Å². The molecule has 1 unspecified atom stereocenters. The minimum atomic E-state index is 0.464. The molecule has 112 valence electrons. The maximum atomic E-state index is 4.62. The molecule has 0 bridgehead atoms. The summed E-state index contributed by atoms with van der Waals surface area (Å²) in [6, 6.07) is 6.30. The molecule has 3 nitrogen and oxygen atoms in total. The van der Waals surface area contributed by atoms with Crippen LogP contribution in [0.25, 0.3) is 0 Å². The molecule has 1 aromatic rings. The van der Waals surface area contributed by atoms with E-state index in [0.717, 1.165) is 12.2 Å². The largest absolute Gasteiger partial charge is 0.316 e. The predicted molar refractivity (Wildman–Crippen MR) is 84.8 cm³/mol. The fourth-order valence-corrected chi connectivity index (χ4v) is 3.58. The smallest absolute Gasteiger partial charge is 0.0547 e. The second-order valence-corrected chi connectivity index (χ2v) is 6.47. The fraction of sp³-hybridized carbons (Fsp3) is 0.706. The van der Waals surface area contributed by atoms with Crippen molar-refractivity contribution < 1.29 is 0 Å². The van der Waals surface area contributed by atoms with E-state index in [4.69, 9.17) is 0 Å². The van der Waals surface area contributed by atoms with E-state index in [1.165, 1.54) is 51.0 Å². The molecule has 1 aliphatic rings. The Balaban J connectivity index is 1.95. The summed E-state index contributed by atoms with van der Waals surface area (Å²) >= 11 is 0. The first-order chi connectivity index (χ1) is 9.63. The minimum Gasteiger partial charge on any atom is -0.316 e. The molecule has 0 radical (unpaired) electrons. The van der Waals surface area contributed by atoms with Gasteiger partial charge in [-0.2, -0.15) is 0 Å². The number of aromatic nitrogens is 1. The predicted octanol–water partition coefficient (Wildman–Crippen LogP) is 2.99. The van der Waals surface area contributed by atoms with Crippen molar-refractivity contribution in [3.8, 4) is 0 Å². The molecule has 1 aliphatic heterocycles. The van der Waals surface area contributed by atoms with Gasteiger partial charge in [0, 0.05) is 25.3 Å². The second-order valence-electron chi connectivity index (χ2n) is 6.47. The van der Waals surface area contributed by atoms with Gasteiger partial charge >= 0.3 is 0 Å². The third-order valence-electron chi connectivity index (χ3n) is 4.32. The Morgan fingerprint density at radius 2 is 2.25 bits per heavy atom. The van der Waals surface area contributed by atoms with Gasteiger partial charge in [-0.25, -0.2) is 0 Å². The fourth-order valence-electron chi connectivity index (χ4n) is 3.58. The summed E-state index contributed by atoms with van der Waals surface area (Å²) in [7, 11) is 2.23. The van der Waals surface area contributed by atoms with E-state index in [1.807, 2.05) is 0 Å². The minimum absolute atomic E-state index is 0.464. The molecule has 0 spiro atoms. The summed E-state index contributed by atoms with van der Waals surface area (Å²) in [6.07, 6.45) is 5.28. The highest BCUT2D eigenvalue weighted by Crippen LogP contribution is 2.32. The molecule has 1 saturated heterocycles. The first kappa shape index (κ1) is 15.5. The summed E-state index contributed by atoms with van der Waals surface area (Å²) in [6.45, 7) is 8.85. The van der Waals surface area contributed by atoms with Gasteiger partial charge in [0.05, 0.1) is 5.69 Å². The van der Waals surface area contributed by atoms with Crippen molar-refractivity contribution in [1.29, 1.82) is 0 Å². The molecule has 2 rings (SSSR count). The monoisotopic (exact) mass is 275 g/mol. The van der Waals surface area contributed by atoms with Gasteiger partial charge in [0.25, 0.3) is 0 Å². The lowest BCUT2D eigenvalue weighted by molar-refractivity contribution is 0.117. The van der Waals surface area contributed by atoms with Crippen molar-refractivity contribution in [2.75, 3.05) is 26.7 Å². The van der Waals surface area contributed by atoms with Gasteiger partial charge < -0.3 is 5.32 Å². The highest BCUT2D eigenvalue weighted by molar-refractivity contribution is 5.09. The molecule has 0 amide bonds. The number of nitrogens with one attached hydrogen (secondary N) is 1. The molecule has 20 heavy (non-hydrogen) atoms. The number of rotatable bonds is 6. The number of hydrogen-bond donors (Lipinski definition) is 1. The average Bonchev–Trinajstić information content (AvgIpc) is 2.39. The number of piperidine rings is 1. The maximum absolute atomic E-state index is 4.62. The third-order valence-corrected chi connectivity index (χ3v) is 4.32. The average molecular weight is 275 g/mol. The Kier molecular flexibility index (Phi) is 5.55. The van der Waals surface area contributed by atoms with Crippen LogP contribution in [0.15, 0.2) is 18.2 Å². The van der Waals surface area contributed by atoms with Crippen molar-refractivity contribution in [2.24, 2.45) is 5.41 Å². The van der Waals surface area contributed by atoms with Gasteiger partial charge in [-0.3, -0.25) is 9.88 Å². The van der Waals surface area contributed by atoms with Crippen molar-refractivity contribution in [1.82, 2.24) is 15.2 Å². The van der Waals surface area contributed by atoms with Gasteiger partial charge in [0.1, 0.15) is 0 Å². The Hall–Kier alpha value is -0.930. The maximum Gasteiger partial charge on any atom is 0.0547 e. The van der Waals surface area contributed by atoms with Gasteiger partial charge in [-0.1, -0.05) is 19.4 Å². The van der Waals surface area contributed by atoms with Gasteiger partial charge in [-0.15, -0.1) is 0 Å². The normalized spacial score (nSPS) is 23.2. The number of aryl methyl sites for hydroxylation is 1. The lowest BCUT2D eigenvalue weighted by Crippen LogP contribution is -2.46. The van der Waals surface area contributed by atoms with E-state index in [0.29, 0.717) is 5.41 Å². The zero-order valence-electron chi connectivity index (χ0n) is 13.3. The number of pyridine rings is 1. The lowest BCUT2D eigenvalue weighted by atomic mass is 9.76. The summed E-state index contributed by atoms with van der Waals surface area (Å²) in [5.74, 6) is 0. The van der Waals surface area contributed by atoms with E-state index >= 15 is 0 Å². The second kappa shape index (κ2) is 7.19. The third kappa shape index (κ3) is 4.29. The van der Waals surface area contributed by atoms with Crippen LogP contribution in [0.2, 0.25) is 0 Å². The van der Waals surface area contributed by atoms with Crippen LogP contribution in [-0.2, 0) is 6.54 Å². The van der Waals surface area contributed by atoms with Crippen LogP contribution in [0.1, 0.15) is 44.0 Å². The molecular formula is C17H29N3. The molecule has 1 atom stereocenters. The first-order valence-corrected chi connectivity index (χ1v) is 7.95. The highest BCUT2D eigenvalue weighted by Gasteiger charge is 2.32. The summed E-state index contributed by atoms with van der Waals surface area (Å²) in [5, 5.41) is 3.60. The Bertz CT molecular complexity index is 405. The number of hydrogen-bond acceptors (Lipinski definition) is 3. The van der Waals surface area contributed by atoms with Crippen LogP contribution in [0.4, 0.5) is 0 Å². The van der Waals surface area contributed by atoms with Crippen LogP contribution >= 0.6 is 0 Å². The molecule has 3 heteroatoms. The lowest BCUT2D eigenvalue weighted by Gasteiger charge is -2.40. The van der Waals surface area contributed by atoms with Crippen LogP contribution < -0.4 is 5.32 Å². The van der Waals surface area contributed by atoms with Crippen LogP contribution in [0.5, 0.6) is 0 Å². The van der Waals surface area contributed by atoms with Gasteiger partial charge in [0.2, 0.25) is 0 Å². The topological polar surface area (TPSA) is 28.2 Å².